The van der Waals surface area contributed by atoms with Crippen LogP contribution in [-0.4, -0.2) is 43.6 Å². The fraction of sp³-hybridized carbons (Fsp3) is 0.259. The number of anilines is 1. The number of aryl methyl sites for hydroxylation is 2. The molecule has 0 aliphatic rings. The van der Waals surface area contributed by atoms with E-state index in [9.17, 15) is 9.59 Å². The van der Waals surface area contributed by atoms with Gasteiger partial charge in [0.2, 0.25) is 11.0 Å². The van der Waals surface area contributed by atoms with Crippen molar-refractivity contribution in [3.05, 3.63) is 85.8 Å². The number of hydrogen-bond donors (Lipinski definition) is 1. The van der Waals surface area contributed by atoms with Crippen LogP contribution in [0.2, 0.25) is 0 Å². The summed E-state index contributed by atoms with van der Waals surface area (Å²) in [5, 5.41) is 40.1. The van der Waals surface area contributed by atoms with Gasteiger partial charge in [-0.15, -0.1) is 31.7 Å². The van der Waals surface area contributed by atoms with Crippen molar-refractivity contribution in [2.45, 2.75) is 32.1 Å². The van der Waals surface area contributed by atoms with Crippen molar-refractivity contribution >= 4 is 51.3 Å². The van der Waals surface area contributed by atoms with Gasteiger partial charge >= 0.3 is 0 Å². The molecule has 0 unspecified atom stereocenters. The maximum absolute atomic E-state index is 12.4. The average Bonchev–Trinajstić information content (AvgIpc) is 3.58. The first-order chi connectivity index (χ1) is 19.0. The Balaban J connectivity index is 1.12. The molecule has 0 radical (unpaired) electrons. The summed E-state index contributed by atoms with van der Waals surface area (Å²) in [6.45, 7) is 0. The van der Waals surface area contributed by atoms with Gasteiger partial charge < -0.3 is 5.32 Å². The van der Waals surface area contributed by atoms with Gasteiger partial charge in [-0.05, 0) is 46.9 Å². The quantitative estimate of drug-likeness (QED) is 0.233. The minimum atomic E-state index is -0.177. The van der Waals surface area contributed by atoms with Gasteiger partial charge in [-0.25, -0.2) is 0 Å². The minimum absolute atomic E-state index is 0.0682. The van der Waals surface area contributed by atoms with E-state index in [0.717, 1.165) is 50.5 Å². The van der Waals surface area contributed by atoms with Gasteiger partial charge in [0.15, 0.2) is 0 Å². The molecule has 2 aromatic carbocycles. The first-order valence-corrected chi connectivity index (χ1v) is 14.8. The summed E-state index contributed by atoms with van der Waals surface area (Å²) in [6, 6.07) is 18.1. The maximum Gasteiger partial charge on any atom is 0.230 e. The van der Waals surface area contributed by atoms with E-state index in [1.54, 1.807) is 60.3 Å². The number of amides is 1. The molecule has 0 spiro atoms. The van der Waals surface area contributed by atoms with Gasteiger partial charge in [-0.3, -0.25) is 9.59 Å². The number of nitriles is 2. The first-order valence-electron chi connectivity index (χ1n) is 12.0. The number of carbonyl (C=O) groups excluding carboxylic acids is 2. The highest BCUT2D eigenvalue weighted by molar-refractivity contribution is 7.99. The SMILES string of the molecule is N#Cc1ccc(CC(=O)Cc2nnc(CCSCCc3nnc(NC(=O)Cc4ccc(C#N)cc4)s3)s2)cc1. The molecule has 39 heavy (non-hydrogen) atoms. The molecule has 0 saturated carbocycles. The predicted octanol–water partition coefficient (Wildman–Crippen LogP) is 4.19. The second-order valence-electron chi connectivity index (χ2n) is 8.44. The van der Waals surface area contributed by atoms with Crippen LogP contribution in [0.4, 0.5) is 5.13 Å². The number of hydrogen-bond acceptors (Lipinski definition) is 11. The molecule has 2 aromatic heterocycles. The molecule has 0 bridgehead atoms. The molecule has 196 valence electrons. The van der Waals surface area contributed by atoms with E-state index < -0.39 is 0 Å². The Labute approximate surface area is 237 Å². The Morgan fingerprint density at radius 3 is 1.87 bits per heavy atom. The van der Waals surface area contributed by atoms with Crippen molar-refractivity contribution in [3.63, 3.8) is 0 Å². The number of nitrogens with one attached hydrogen (secondary N) is 1. The molecule has 4 rings (SSSR count). The van der Waals surface area contributed by atoms with Crippen molar-refractivity contribution in [3.8, 4) is 12.1 Å². The van der Waals surface area contributed by atoms with Crippen LogP contribution in [0.15, 0.2) is 48.5 Å². The normalized spacial score (nSPS) is 10.5. The fourth-order valence-electron chi connectivity index (χ4n) is 3.49. The van der Waals surface area contributed by atoms with E-state index in [2.05, 4.69) is 37.8 Å². The summed E-state index contributed by atoms with van der Waals surface area (Å²) in [4.78, 5) is 24.6. The van der Waals surface area contributed by atoms with Crippen LogP contribution in [0.25, 0.3) is 0 Å². The zero-order valence-corrected chi connectivity index (χ0v) is 23.2. The maximum atomic E-state index is 12.4. The van der Waals surface area contributed by atoms with E-state index in [1.807, 2.05) is 0 Å². The lowest BCUT2D eigenvalue weighted by Gasteiger charge is -2.01. The van der Waals surface area contributed by atoms with Crippen molar-refractivity contribution in [1.82, 2.24) is 20.4 Å². The number of rotatable bonds is 13. The zero-order chi connectivity index (χ0) is 27.5. The molecular formula is C27H23N7O2S3. The summed E-state index contributed by atoms with van der Waals surface area (Å²) >= 11 is 4.61. The second-order valence-corrected chi connectivity index (χ2v) is 11.9. The highest BCUT2D eigenvalue weighted by Crippen LogP contribution is 2.19. The third-order valence-electron chi connectivity index (χ3n) is 5.42. The van der Waals surface area contributed by atoms with Crippen LogP contribution < -0.4 is 5.32 Å². The lowest BCUT2D eigenvalue weighted by atomic mass is 10.1. The third-order valence-corrected chi connectivity index (χ3v) is 8.29. The number of ketones is 1. The van der Waals surface area contributed by atoms with Gasteiger partial charge in [0, 0.05) is 19.3 Å². The summed E-state index contributed by atoms with van der Waals surface area (Å²) in [5.74, 6) is 1.63. The summed E-state index contributed by atoms with van der Waals surface area (Å²) in [5.41, 5.74) is 2.84. The lowest BCUT2D eigenvalue weighted by Crippen LogP contribution is -2.14. The lowest BCUT2D eigenvalue weighted by molar-refractivity contribution is -0.118. The molecule has 0 aliphatic carbocycles. The molecule has 1 amide bonds. The predicted molar refractivity (Wildman–Crippen MR) is 152 cm³/mol. The van der Waals surface area contributed by atoms with Crippen molar-refractivity contribution in [2.75, 3.05) is 16.8 Å². The van der Waals surface area contributed by atoms with Crippen LogP contribution in [0.1, 0.15) is 37.3 Å². The number of nitrogens with zero attached hydrogens (tertiary/aromatic N) is 6. The second kappa shape index (κ2) is 14.3. The molecule has 0 atom stereocenters. The standard InChI is InChI=1S/C27H23N7O2S3/c28-16-20-5-1-18(2-6-20)13-22(35)15-26-33-31-24(38-26)9-11-37-12-10-25-32-34-27(39-25)30-23(36)14-19-3-7-21(17-29)8-4-19/h1-8H,9-15H2,(H,30,34,36). The molecule has 0 saturated heterocycles. The Bertz CT molecular complexity index is 1390. The van der Waals surface area contributed by atoms with Crippen molar-refractivity contribution in [1.29, 1.82) is 10.5 Å². The van der Waals surface area contributed by atoms with Crippen LogP contribution >= 0.6 is 34.4 Å². The summed E-state index contributed by atoms with van der Waals surface area (Å²) in [6.07, 6.45) is 2.30. The molecule has 2 heterocycles. The van der Waals surface area contributed by atoms with Gasteiger partial charge in [-0.2, -0.15) is 22.3 Å². The number of aromatic nitrogens is 4. The van der Waals surface area contributed by atoms with Gasteiger partial charge in [0.05, 0.1) is 36.1 Å². The topological polar surface area (TPSA) is 145 Å². The van der Waals surface area contributed by atoms with Gasteiger partial charge in [0.1, 0.15) is 20.8 Å². The molecule has 0 aliphatic heterocycles. The highest BCUT2D eigenvalue weighted by atomic mass is 32.2. The Kier molecular flexibility index (Phi) is 10.3. The molecular weight excluding hydrogens is 551 g/mol. The molecule has 0 fully saturated rings. The monoisotopic (exact) mass is 573 g/mol. The van der Waals surface area contributed by atoms with E-state index >= 15 is 0 Å². The van der Waals surface area contributed by atoms with Crippen LogP contribution in [-0.2, 0) is 41.7 Å². The van der Waals surface area contributed by atoms with Crippen LogP contribution in [0.5, 0.6) is 0 Å². The Morgan fingerprint density at radius 1 is 0.718 bits per heavy atom. The van der Waals surface area contributed by atoms with E-state index in [0.29, 0.717) is 22.7 Å². The Hall–Kier alpha value is -3.97. The minimum Gasteiger partial charge on any atom is -0.300 e. The fourth-order valence-corrected chi connectivity index (χ4v) is 6.25. The third kappa shape index (κ3) is 9.07. The molecule has 1 N–H and O–H groups in total. The van der Waals surface area contributed by atoms with Crippen molar-refractivity contribution < 1.29 is 9.59 Å². The number of Topliss-reactive ketones (excluding diaryl/α,β-unsaturated/α-hetero) is 1. The summed E-state index contributed by atoms with van der Waals surface area (Å²) in [7, 11) is 0. The average molecular weight is 574 g/mol. The first kappa shape index (κ1) is 28.0. The van der Waals surface area contributed by atoms with Crippen LogP contribution in [0.3, 0.4) is 0 Å². The van der Waals surface area contributed by atoms with E-state index in [1.165, 1.54) is 22.7 Å². The Morgan fingerprint density at radius 2 is 1.26 bits per heavy atom. The number of carbonyl (C=O) groups is 2. The molecule has 4 aromatic rings. The number of thioether (sulfide) groups is 1. The smallest absolute Gasteiger partial charge is 0.230 e. The van der Waals surface area contributed by atoms with E-state index in [4.69, 9.17) is 10.5 Å². The zero-order valence-electron chi connectivity index (χ0n) is 20.8. The van der Waals surface area contributed by atoms with E-state index in [-0.39, 0.29) is 24.5 Å². The molecule has 12 heteroatoms. The molecule has 9 nitrogen and oxygen atoms in total. The number of benzene rings is 2. The van der Waals surface area contributed by atoms with Crippen molar-refractivity contribution in [2.24, 2.45) is 0 Å². The van der Waals surface area contributed by atoms with Crippen LogP contribution in [0, 0.1) is 22.7 Å². The largest absolute Gasteiger partial charge is 0.300 e. The highest BCUT2D eigenvalue weighted by Gasteiger charge is 2.12. The summed E-state index contributed by atoms with van der Waals surface area (Å²) < 4.78 is 0. The van der Waals surface area contributed by atoms with Gasteiger partial charge in [-0.1, -0.05) is 35.6 Å². The van der Waals surface area contributed by atoms with Gasteiger partial charge in [0.25, 0.3) is 0 Å².